The molecule has 0 aliphatic carbocycles. The molecule has 0 N–H and O–H groups in total. The van der Waals surface area contributed by atoms with Gasteiger partial charge in [0.2, 0.25) is 5.82 Å². The molecule has 4 rings (SSSR count). The third-order valence-electron chi connectivity index (χ3n) is 4.89. The molecule has 1 aromatic heterocycles. The molecule has 0 spiro atoms. The van der Waals surface area contributed by atoms with E-state index in [4.69, 9.17) is 0 Å². The lowest BCUT2D eigenvalue weighted by Gasteiger charge is -2.22. The van der Waals surface area contributed by atoms with Crippen molar-refractivity contribution < 1.29 is 18.0 Å². The molecule has 0 saturated carbocycles. The van der Waals surface area contributed by atoms with Crippen molar-refractivity contribution in [3.63, 3.8) is 0 Å². The van der Waals surface area contributed by atoms with E-state index in [1.54, 1.807) is 0 Å². The molecule has 1 aromatic carbocycles. The highest BCUT2D eigenvalue weighted by Gasteiger charge is 2.40. The number of likely N-dealkylation sites (tertiary alicyclic amines) is 1. The predicted octanol–water partition coefficient (Wildman–Crippen LogP) is 3.15. The number of nitrogens with zero attached hydrogens (tertiary/aromatic N) is 4. The molecule has 1 saturated heterocycles. The number of rotatable bonds is 3. The average Bonchev–Trinajstić information content (AvgIpc) is 3.31. The molecule has 1 amide bonds. The lowest BCUT2D eigenvalue weighted by atomic mass is 10.0. The highest BCUT2D eigenvalue weighted by atomic mass is 19.3. The second-order valence-electron chi connectivity index (χ2n) is 6.41. The lowest BCUT2D eigenvalue weighted by molar-refractivity contribution is 0.0354. The number of amides is 1. The highest BCUT2D eigenvalue weighted by Crippen LogP contribution is 2.39. The van der Waals surface area contributed by atoms with Crippen molar-refractivity contribution in [2.45, 2.75) is 43.9 Å². The summed E-state index contributed by atoms with van der Waals surface area (Å²) in [6, 6.07) is 7.83. The van der Waals surface area contributed by atoms with Gasteiger partial charge in [0, 0.05) is 13.0 Å². The Kier molecular flexibility index (Phi) is 3.97. The summed E-state index contributed by atoms with van der Waals surface area (Å²) in [7, 11) is 0. The number of alkyl halides is 3. The van der Waals surface area contributed by atoms with Gasteiger partial charge < -0.3 is 4.90 Å². The van der Waals surface area contributed by atoms with Gasteiger partial charge in [0.25, 0.3) is 12.3 Å². The molecule has 2 aliphatic heterocycles. The van der Waals surface area contributed by atoms with Crippen molar-refractivity contribution in [2.24, 2.45) is 0 Å². The van der Waals surface area contributed by atoms with E-state index >= 15 is 0 Å². The minimum absolute atomic E-state index is 0.0880. The Bertz CT molecular complexity index is 779. The van der Waals surface area contributed by atoms with Crippen molar-refractivity contribution in [3.8, 4) is 0 Å². The van der Waals surface area contributed by atoms with Crippen molar-refractivity contribution in [1.29, 1.82) is 0 Å². The molecular formula is C17H17F3N4O. The molecule has 2 aliphatic rings. The number of benzene rings is 1. The first-order chi connectivity index (χ1) is 12.1. The normalized spacial score (nSPS) is 25.6. The van der Waals surface area contributed by atoms with Gasteiger partial charge in [-0.15, -0.1) is 5.10 Å². The van der Waals surface area contributed by atoms with E-state index in [2.05, 4.69) is 10.1 Å². The fourth-order valence-corrected chi connectivity index (χ4v) is 3.66. The van der Waals surface area contributed by atoms with Crippen LogP contribution in [0.25, 0.3) is 0 Å². The van der Waals surface area contributed by atoms with Crippen LogP contribution >= 0.6 is 0 Å². The van der Waals surface area contributed by atoms with Crippen LogP contribution in [0.1, 0.15) is 53.5 Å². The third kappa shape index (κ3) is 2.69. The number of hydrogen-bond donors (Lipinski definition) is 0. The Balaban J connectivity index is 1.64. The monoisotopic (exact) mass is 350 g/mol. The second-order valence-corrected chi connectivity index (χ2v) is 6.41. The van der Waals surface area contributed by atoms with Gasteiger partial charge in [0.15, 0.2) is 12.0 Å². The summed E-state index contributed by atoms with van der Waals surface area (Å²) in [5.41, 5.74) is 0.874. The zero-order valence-corrected chi connectivity index (χ0v) is 13.4. The molecule has 8 heteroatoms. The Hall–Kier alpha value is -2.38. The van der Waals surface area contributed by atoms with Gasteiger partial charge in [-0.05, 0) is 18.4 Å². The van der Waals surface area contributed by atoms with Crippen LogP contribution in [0.15, 0.2) is 30.3 Å². The second kappa shape index (κ2) is 6.16. The highest BCUT2D eigenvalue weighted by molar-refractivity contribution is 5.91. The smallest absolute Gasteiger partial charge is 0.293 e. The maximum absolute atomic E-state index is 14.3. The molecule has 2 aromatic rings. The first-order valence-corrected chi connectivity index (χ1v) is 8.31. The first kappa shape index (κ1) is 16.1. The molecule has 3 heterocycles. The topological polar surface area (TPSA) is 51.0 Å². The van der Waals surface area contributed by atoms with Crippen LogP contribution < -0.4 is 0 Å². The third-order valence-corrected chi connectivity index (χ3v) is 4.89. The number of fused-ring (bicyclic) bond motifs is 1. The van der Waals surface area contributed by atoms with E-state index in [1.807, 2.05) is 30.3 Å². The molecule has 0 radical (unpaired) electrons. The van der Waals surface area contributed by atoms with Gasteiger partial charge in [-0.25, -0.2) is 22.8 Å². The van der Waals surface area contributed by atoms with Gasteiger partial charge in [0.1, 0.15) is 0 Å². The van der Waals surface area contributed by atoms with Gasteiger partial charge in [-0.2, -0.15) is 0 Å². The van der Waals surface area contributed by atoms with Crippen LogP contribution in [0.5, 0.6) is 0 Å². The molecule has 5 nitrogen and oxygen atoms in total. The number of carbonyl (C=O) groups excluding carboxylic acids is 1. The van der Waals surface area contributed by atoms with E-state index in [0.717, 1.165) is 10.5 Å². The van der Waals surface area contributed by atoms with Crippen molar-refractivity contribution >= 4 is 5.91 Å². The summed E-state index contributed by atoms with van der Waals surface area (Å²) in [4.78, 5) is 17.7. The van der Waals surface area contributed by atoms with Crippen LogP contribution in [0.3, 0.4) is 0 Å². The van der Waals surface area contributed by atoms with Gasteiger partial charge in [-0.1, -0.05) is 30.3 Å². The van der Waals surface area contributed by atoms with Crippen LogP contribution in [0.4, 0.5) is 13.2 Å². The number of carbonyl (C=O) groups is 1. The van der Waals surface area contributed by atoms with Crippen molar-refractivity contribution in [3.05, 3.63) is 47.5 Å². The minimum atomic E-state index is -2.60. The minimum Gasteiger partial charge on any atom is -0.327 e. The summed E-state index contributed by atoms with van der Waals surface area (Å²) in [6.45, 7) is 0.249. The Morgan fingerprint density at radius 1 is 1.24 bits per heavy atom. The Morgan fingerprint density at radius 3 is 2.72 bits per heavy atom. The molecule has 25 heavy (non-hydrogen) atoms. The molecular weight excluding hydrogens is 333 g/mol. The fourth-order valence-electron chi connectivity index (χ4n) is 3.66. The van der Waals surface area contributed by atoms with E-state index in [-0.39, 0.29) is 37.1 Å². The summed E-state index contributed by atoms with van der Waals surface area (Å²) in [5, 5.41) is 4.17. The van der Waals surface area contributed by atoms with E-state index in [0.29, 0.717) is 6.42 Å². The standard InChI is InChI=1S/C17H17F3N4O/c18-11-9-13(10-5-2-1-3-6-10)24-16(11)21-15(22-24)17(25)23-8-4-7-12(23)14(19)20/h1-3,5-6,11-14H,4,7-9H2/t11-,12-,13+/m1/s1. The van der Waals surface area contributed by atoms with E-state index in [9.17, 15) is 18.0 Å². The summed E-state index contributed by atoms with van der Waals surface area (Å²) < 4.78 is 41.9. The SMILES string of the molecule is O=C(c1nc2n(n1)[C@H](c1ccccc1)C[C@H]2F)N1CCC[C@@H]1C(F)F. The maximum Gasteiger partial charge on any atom is 0.293 e. The summed E-state index contributed by atoms with van der Waals surface area (Å²) >= 11 is 0. The van der Waals surface area contributed by atoms with Gasteiger partial charge in [-0.3, -0.25) is 4.79 Å². The Labute approximate surface area is 142 Å². The maximum atomic E-state index is 14.3. The molecule has 0 unspecified atom stereocenters. The van der Waals surface area contributed by atoms with E-state index in [1.165, 1.54) is 4.68 Å². The lowest BCUT2D eigenvalue weighted by Crippen LogP contribution is -2.40. The first-order valence-electron chi connectivity index (χ1n) is 8.31. The molecule has 0 bridgehead atoms. The zero-order valence-electron chi connectivity index (χ0n) is 13.4. The van der Waals surface area contributed by atoms with Gasteiger partial charge in [0.05, 0.1) is 12.1 Å². The van der Waals surface area contributed by atoms with Crippen LogP contribution in [-0.4, -0.2) is 44.6 Å². The van der Waals surface area contributed by atoms with Crippen molar-refractivity contribution in [2.75, 3.05) is 6.54 Å². The van der Waals surface area contributed by atoms with E-state index < -0.39 is 24.5 Å². The molecule has 132 valence electrons. The fraction of sp³-hybridized carbons (Fsp3) is 0.471. The van der Waals surface area contributed by atoms with Crippen LogP contribution in [0.2, 0.25) is 0 Å². The Morgan fingerprint density at radius 2 is 2.00 bits per heavy atom. The number of hydrogen-bond acceptors (Lipinski definition) is 3. The average molecular weight is 350 g/mol. The largest absolute Gasteiger partial charge is 0.327 e. The van der Waals surface area contributed by atoms with Crippen LogP contribution in [-0.2, 0) is 0 Å². The molecule has 3 atom stereocenters. The predicted molar refractivity (Wildman–Crippen MR) is 83.1 cm³/mol. The van der Waals surface area contributed by atoms with Crippen LogP contribution in [0, 0.1) is 0 Å². The quantitative estimate of drug-likeness (QED) is 0.854. The number of halogens is 3. The van der Waals surface area contributed by atoms with Gasteiger partial charge >= 0.3 is 0 Å². The zero-order chi connectivity index (χ0) is 17.6. The number of aromatic nitrogens is 3. The van der Waals surface area contributed by atoms with Crippen molar-refractivity contribution in [1.82, 2.24) is 19.7 Å². The molecule has 1 fully saturated rings. The summed E-state index contributed by atoms with van der Waals surface area (Å²) in [6.07, 6.45) is -2.95. The summed E-state index contributed by atoms with van der Waals surface area (Å²) in [5.74, 6) is -0.764.